The molecule has 3 aliphatic rings. The van der Waals surface area contributed by atoms with Crippen molar-refractivity contribution in [3.63, 3.8) is 0 Å². The van der Waals surface area contributed by atoms with Crippen LogP contribution in [-0.2, 0) is 9.59 Å². The Labute approximate surface area is 178 Å². The second-order valence-electron chi connectivity index (χ2n) is 8.80. The summed E-state index contributed by atoms with van der Waals surface area (Å²) in [4.78, 5) is 28.3. The average Bonchev–Trinajstić information content (AvgIpc) is 2.75. The van der Waals surface area contributed by atoms with Crippen molar-refractivity contribution >= 4 is 29.1 Å². The van der Waals surface area contributed by atoms with Crippen LogP contribution in [0.2, 0.25) is 0 Å². The first-order chi connectivity index (χ1) is 14.1. The van der Waals surface area contributed by atoms with E-state index in [0.717, 1.165) is 38.3 Å². The molecule has 1 saturated carbocycles. The topological polar surface area (TPSA) is 52.7 Å². The van der Waals surface area contributed by atoms with Gasteiger partial charge in [0, 0.05) is 50.2 Å². The lowest BCUT2D eigenvalue weighted by Crippen LogP contribution is -2.48. The Morgan fingerprint density at radius 2 is 1.66 bits per heavy atom. The van der Waals surface area contributed by atoms with E-state index in [2.05, 4.69) is 27.2 Å². The van der Waals surface area contributed by atoms with Crippen LogP contribution in [0.5, 0.6) is 0 Å². The molecule has 2 amide bonds. The van der Waals surface area contributed by atoms with Crippen LogP contribution >= 0.6 is 11.6 Å². The molecule has 2 atom stereocenters. The molecular weight excluding hydrogens is 386 g/mol. The SMILES string of the molecule is O=C1CCC(c2ccc(N3CCN(CC(Cl)C4CCCCC4)CC3)cc2)C(=O)N1. The Bertz CT molecular complexity index is 709. The van der Waals surface area contributed by atoms with Crippen LogP contribution in [-0.4, -0.2) is 54.8 Å². The number of hydrogen-bond donors (Lipinski definition) is 1. The molecule has 0 aromatic heterocycles. The summed E-state index contributed by atoms with van der Waals surface area (Å²) in [5.74, 6) is 0.155. The van der Waals surface area contributed by atoms with Gasteiger partial charge < -0.3 is 4.90 Å². The molecule has 0 radical (unpaired) electrons. The highest BCUT2D eigenvalue weighted by Gasteiger charge is 2.28. The fourth-order valence-corrected chi connectivity index (χ4v) is 5.46. The summed E-state index contributed by atoms with van der Waals surface area (Å²) < 4.78 is 0. The van der Waals surface area contributed by atoms with Gasteiger partial charge in [0.2, 0.25) is 11.8 Å². The van der Waals surface area contributed by atoms with Crippen molar-refractivity contribution in [2.24, 2.45) is 5.92 Å². The number of nitrogens with zero attached hydrogens (tertiary/aromatic N) is 2. The molecule has 1 N–H and O–H groups in total. The molecule has 2 unspecified atom stereocenters. The minimum atomic E-state index is -0.209. The Morgan fingerprint density at radius 3 is 2.31 bits per heavy atom. The van der Waals surface area contributed by atoms with Gasteiger partial charge in [0.15, 0.2) is 0 Å². The number of hydrogen-bond acceptors (Lipinski definition) is 4. The summed E-state index contributed by atoms with van der Waals surface area (Å²) in [5, 5.41) is 2.73. The number of anilines is 1. The number of piperazine rings is 1. The van der Waals surface area contributed by atoms with E-state index in [0.29, 0.717) is 18.8 Å². The van der Waals surface area contributed by atoms with Crippen molar-refractivity contribution in [3.05, 3.63) is 29.8 Å². The molecule has 0 bridgehead atoms. The number of nitrogens with one attached hydrogen (secondary N) is 1. The van der Waals surface area contributed by atoms with Gasteiger partial charge in [-0.05, 0) is 42.9 Å². The van der Waals surface area contributed by atoms with E-state index in [4.69, 9.17) is 11.6 Å². The number of alkyl halides is 1. The molecule has 158 valence electrons. The molecule has 4 rings (SSSR count). The number of rotatable bonds is 5. The zero-order chi connectivity index (χ0) is 20.2. The molecule has 29 heavy (non-hydrogen) atoms. The maximum atomic E-state index is 12.1. The van der Waals surface area contributed by atoms with E-state index in [1.54, 1.807) is 0 Å². The number of carbonyl (C=O) groups excluding carboxylic acids is 2. The minimum absolute atomic E-state index is 0.164. The Kier molecular flexibility index (Phi) is 6.76. The highest BCUT2D eigenvalue weighted by molar-refractivity contribution is 6.21. The van der Waals surface area contributed by atoms with Crippen molar-refractivity contribution in [2.45, 2.75) is 56.2 Å². The highest BCUT2D eigenvalue weighted by Crippen LogP contribution is 2.30. The van der Waals surface area contributed by atoms with Crippen molar-refractivity contribution in [1.29, 1.82) is 0 Å². The molecule has 2 heterocycles. The second-order valence-corrected chi connectivity index (χ2v) is 9.36. The molecule has 1 aliphatic carbocycles. The minimum Gasteiger partial charge on any atom is -0.369 e. The van der Waals surface area contributed by atoms with Crippen LogP contribution < -0.4 is 10.2 Å². The van der Waals surface area contributed by atoms with Crippen LogP contribution in [0.4, 0.5) is 5.69 Å². The summed E-state index contributed by atoms with van der Waals surface area (Å²) in [6, 6.07) is 8.31. The van der Waals surface area contributed by atoms with Crippen molar-refractivity contribution < 1.29 is 9.59 Å². The fourth-order valence-electron chi connectivity index (χ4n) is 5.01. The highest BCUT2D eigenvalue weighted by atomic mass is 35.5. The van der Waals surface area contributed by atoms with Gasteiger partial charge in [0.1, 0.15) is 0 Å². The zero-order valence-electron chi connectivity index (χ0n) is 17.1. The summed E-state index contributed by atoms with van der Waals surface area (Å²) in [5.41, 5.74) is 2.20. The molecule has 1 aromatic carbocycles. The van der Waals surface area contributed by atoms with Crippen molar-refractivity contribution in [1.82, 2.24) is 10.2 Å². The van der Waals surface area contributed by atoms with E-state index in [-0.39, 0.29) is 23.1 Å². The first-order valence-corrected chi connectivity index (χ1v) is 11.6. The monoisotopic (exact) mass is 417 g/mol. The smallest absolute Gasteiger partial charge is 0.234 e. The van der Waals surface area contributed by atoms with Gasteiger partial charge in [0.05, 0.1) is 5.92 Å². The van der Waals surface area contributed by atoms with E-state index in [1.165, 1.54) is 37.8 Å². The van der Waals surface area contributed by atoms with Crippen LogP contribution in [0.25, 0.3) is 0 Å². The first kappa shape index (κ1) is 20.7. The van der Waals surface area contributed by atoms with E-state index >= 15 is 0 Å². The van der Waals surface area contributed by atoms with Crippen molar-refractivity contribution in [3.8, 4) is 0 Å². The molecule has 0 spiro atoms. The first-order valence-electron chi connectivity index (χ1n) is 11.1. The van der Waals surface area contributed by atoms with Crippen molar-refractivity contribution in [2.75, 3.05) is 37.6 Å². The average molecular weight is 418 g/mol. The van der Waals surface area contributed by atoms with Gasteiger partial charge in [-0.25, -0.2) is 0 Å². The number of amides is 2. The van der Waals surface area contributed by atoms with E-state index in [1.807, 2.05) is 12.1 Å². The van der Waals surface area contributed by atoms with E-state index < -0.39 is 0 Å². The predicted molar refractivity (Wildman–Crippen MR) is 116 cm³/mol. The number of benzene rings is 1. The van der Waals surface area contributed by atoms with Gasteiger partial charge in [-0.2, -0.15) is 0 Å². The number of halogens is 1. The van der Waals surface area contributed by atoms with Crippen LogP contribution in [0.1, 0.15) is 56.4 Å². The van der Waals surface area contributed by atoms with E-state index in [9.17, 15) is 9.59 Å². The predicted octanol–water partition coefficient (Wildman–Crippen LogP) is 3.52. The summed E-state index contributed by atoms with van der Waals surface area (Å²) >= 11 is 6.75. The quantitative estimate of drug-likeness (QED) is 0.588. The maximum Gasteiger partial charge on any atom is 0.234 e. The Morgan fingerprint density at radius 1 is 0.966 bits per heavy atom. The van der Waals surface area contributed by atoms with Crippen LogP contribution in [0, 0.1) is 5.92 Å². The number of piperidine rings is 1. The third-order valence-electron chi connectivity index (χ3n) is 6.87. The Balaban J connectivity index is 1.27. The third-order valence-corrected chi connectivity index (χ3v) is 7.36. The molecule has 2 saturated heterocycles. The molecule has 5 nitrogen and oxygen atoms in total. The zero-order valence-corrected chi connectivity index (χ0v) is 17.9. The summed E-state index contributed by atoms with van der Waals surface area (Å²) in [6.07, 6.45) is 7.68. The lowest BCUT2D eigenvalue weighted by atomic mass is 9.86. The van der Waals surface area contributed by atoms with Gasteiger partial charge >= 0.3 is 0 Å². The number of imide groups is 1. The Hall–Kier alpha value is -1.59. The van der Waals surface area contributed by atoms with Gasteiger partial charge in [-0.3, -0.25) is 19.8 Å². The maximum absolute atomic E-state index is 12.1. The third kappa shape index (κ3) is 5.13. The molecule has 3 fully saturated rings. The van der Waals surface area contributed by atoms with Gasteiger partial charge in [-0.15, -0.1) is 11.6 Å². The molecular formula is C23H32ClN3O2. The summed E-state index contributed by atoms with van der Waals surface area (Å²) in [6.45, 7) is 5.11. The van der Waals surface area contributed by atoms with Crippen LogP contribution in [0.15, 0.2) is 24.3 Å². The molecule has 2 aliphatic heterocycles. The lowest BCUT2D eigenvalue weighted by molar-refractivity contribution is -0.134. The van der Waals surface area contributed by atoms with Gasteiger partial charge in [0.25, 0.3) is 0 Å². The largest absolute Gasteiger partial charge is 0.369 e. The molecule has 1 aromatic rings. The van der Waals surface area contributed by atoms with Gasteiger partial charge in [-0.1, -0.05) is 31.4 Å². The normalized spacial score (nSPS) is 25.7. The van der Waals surface area contributed by atoms with Crippen LogP contribution in [0.3, 0.4) is 0 Å². The lowest BCUT2D eigenvalue weighted by Gasteiger charge is -2.38. The second kappa shape index (κ2) is 9.48. The summed E-state index contributed by atoms with van der Waals surface area (Å²) in [7, 11) is 0. The standard InChI is InChI=1S/C23H32ClN3O2/c24-21(18-4-2-1-3-5-18)16-26-12-14-27(15-13-26)19-8-6-17(7-9-19)20-10-11-22(28)25-23(20)29/h6-9,18,20-21H,1-5,10-16H2,(H,25,28,29). The number of carbonyl (C=O) groups is 2. The fraction of sp³-hybridized carbons (Fsp3) is 0.652. The molecule has 6 heteroatoms.